The van der Waals surface area contributed by atoms with E-state index in [2.05, 4.69) is 15.5 Å². The first kappa shape index (κ1) is 21.9. The second kappa shape index (κ2) is 7.73. The molecule has 2 saturated carbocycles. The fraction of sp³-hybridized carbons (Fsp3) is 0.458. The first-order valence-electron chi connectivity index (χ1n) is 11.5. The summed E-state index contributed by atoms with van der Waals surface area (Å²) in [5.41, 5.74) is 2.77. The van der Waals surface area contributed by atoms with Crippen molar-refractivity contribution in [1.29, 1.82) is 0 Å². The van der Waals surface area contributed by atoms with Crippen molar-refractivity contribution in [2.45, 2.75) is 50.6 Å². The van der Waals surface area contributed by atoms with Crippen molar-refractivity contribution < 1.29 is 13.2 Å². The number of amides is 1. The Morgan fingerprint density at radius 3 is 2.68 bits per heavy atom. The van der Waals surface area contributed by atoms with Gasteiger partial charge in [0.05, 0.1) is 22.9 Å². The van der Waals surface area contributed by atoms with Crippen LogP contribution in [0.25, 0.3) is 10.8 Å². The zero-order valence-electron chi connectivity index (χ0n) is 18.8. The molecule has 1 spiro atoms. The second-order valence-electron chi connectivity index (χ2n) is 10.1. The van der Waals surface area contributed by atoms with Crippen molar-refractivity contribution >= 4 is 38.0 Å². The summed E-state index contributed by atoms with van der Waals surface area (Å²) in [6.45, 7) is 0.776. The summed E-state index contributed by atoms with van der Waals surface area (Å²) in [5, 5.41) is 13.7. The van der Waals surface area contributed by atoms with Gasteiger partial charge in [-0.05, 0) is 49.1 Å². The summed E-state index contributed by atoms with van der Waals surface area (Å²) in [7, 11) is -3.22. The predicted octanol–water partition coefficient (Wildman–Crippen LogP) is 2.76. The molecule has 10 heteroatoms. The first-order valence-corrected chi connectivity index (χ1v) is 14.3. The number of carbonyl (C=O) groups is 1. The number of thiophene rings is 1. The molecule has 0 radical (unpaired) electrons. The highest BCUT2D eigenvalue weighted by Crippen LogP contribution is 2.62. The van der Waals surface area contributed by atoms with Crippen LogP contribution in [0.3, 0.4) is 0 Å². The minimum atomic E-state index is -3.22. The lowest BCUT2D eigenvalue weighted by Crippen LogP contribution is -2.55. The van der Waals surface area contributed by atoms with E-state index in [-0.39, 0.29) is 22.9 Å². The normalized spacial score (nSPS) is 26.6. The lowest BCUT2D eigenvalue weighted by molar-refractivity contribution is -0.0196. The number of carbonyl (C=O) groups excluding carboxylic acids is 1. The van der Waals surface area contributed by atoms with E-state index in [0.717, 1.165) is 47.2 Å². The van der Waals surface area contributed by atoms with Crippen molar-refractivity contribution in [2.24, 2.45) is 5.41 Å². The Labute approximate surface area is 201 Å². The average molecular weight is 499 g/mol. The van der Waals surface area contributed by atoms with E-state index in [4.69, 9.17) is 0 Å². The van der Waals surface area contributed by atoms with E-state index < -0.39 is 10.0 Å². The summed E-state index contributed by atoms with van der Waals surface area (Å²) >= 11 is 1.47. The van der Waals surface area contributed by atoms with Gasteiger partial charge in [0, 0.05) is 40.7 Å². The molecule has 8 nitrogen and oxygen atoms in total. The molecule has 6 rings (SSSR count). The van der Waals surface area contributed by atoms with Crippen LogP contribution in [0.4, 0.5) is 0 Å². The number of H-pyrrole nitrogens is 1. The highest BCUT2D eigenvalue weighted by molar-refractivity contribution is 7.88. The molecule has 34 heavy (non-hydrogen) atoms. The predicted molar refractivity (Wildman–Crippen MR) is 131 cm³/mol. The third-order valence-electron chi connectivity index (χ3n) is 7.79. The van der Waals surface area contributed by atoms with Crippen LogP contribution in [0, 0.1) is 5.41 Å². The molecule has 2 aromatic heterocycles. The van der Waals surface area contributed by atoms with Crippen LogP contribution in [-0.4, -0.2) is 47.7 Å². The van der Waals surface area contributed by atoms with Crippen LogP contribution in [-0.2, 0) is 23.0 Å². The quantitative estimate of drug-likeness (QED) is 0.575. The Morgan fingerprint density at radius 2 is 1.94 bits per heavy atom. The zero-order chi connectivity index (χ0) is 23.7. The van der Waals surface area contributed by atoms with Gasteiger partial charge in [0.25, 0.3) is 11.5 Å². The molecular weight excluding hydrogens is 472 g/mol. The number of hydrogen-bond acceptors (Lipinski definition) is 6. The molecule has 3 aromatic rings. The molecule has 2 fully saturated rings. The lowest BCUT2D eigenvalue weighted by Gasteiger charge is -2.57. The molecule has 1 aromatic carbocycles. The van der Waals surface area contributed by atoms with E-state index in [0.29, 0.717) is 36.4 Å². The van der Waals surface area contributed by atoms with Gasteiger partial charge in [-0.25, -0.2) is 13.5 Å². The Morgan fingerprint density at radius 1 is 1.21 bits per heavy atom. The molecule has 0 atom stereocenters. The largest absolute Gasteiger partial charge is 0.349 e. The van der Waals surface area contributed by atoms with Gasteiger partial charge in [-0.3, -0.25) is 9.59 Å². The SMILES string of the molecule is CS(=O)(=O)N1CCc2c(C(=O)NC3CC4(C3)CC(c3n[nH]c(=O)c5ccccc35)C4)csc2C1. The number of nitrogens with one attached hydrogen (secondary N) is 2. The topological polar surface area (TPSA) is 112 Å². The number of nitrogens with zero attached hydrogens (tertiary/aromatic N) is 2. The molecule has 178 valence electrons. The van der Waals surface area contributed by atoms with Gasteiger partial charge >= 0.3 is 0 Å². The van der Waals surface area contributed by atoms with Crippen molar-refractivity contribution in [1.82, 2.24) is 19.8 Å². The smallest absolute Gasteiger partial charge is 0.272 e. The van der Waals surface area contributed by atoms with E-state index in [1.807, 2.05) is 29.6 Å². The average Bonchev–Trinajstić information content (AvgIpc) is 3.18. The van der Waals surface area contributed by atoms with E-state index >= 15 is 0 Å². The third kappa shape index (κ3) is 3.59. The van der Waals surface area contributed by atoms with Gasteiger partial charge in [-0.2, -0.15) is 9.40 Å². The molecule has 0 bridgehead atoms. The number of rotatable bonds is 4. The Bertz CT molecular complexity index is 1460. The molecule has 1 amide bonds. The van der Waals surface area contributed by atoms with Crippen LogP contribution in [0.2, 0.25) is 0 Å². The van der Waals surface area contributed by atoms with Crippen LogP contribution in [0.5, 0.6) is 0 Å². The van der Waals surface area contributed by atoms with E-state index in [1.165, 1.54) is 21.9 Å². The van der Waals surface area contributed by atoms with Gasteiger partial charge in [-0.15, -0.1) is 11.3 Å². The van der Waals surface area contributed by atoms with Crippen LogP contribution in [0.15, 0.2) is 34.4 Å². The van der Waals surface area contributed by atoms with E-state index in [1.54, 1.807) is 0 Å². The zero-order valence-corrected chi connectivity index (χ0v) is 20.5. The number of aromatic amines is 1. The molecule has 0 saturated heterocycles. The second-order valence-corrected chi connectivity index (χ2v) is 13.0. The Hall–Kier alpha value is -2.56. The molecule has 1 aliphatic heterocycles. The van der Waals surface area contributed by atoms with Crippen LogP contribution >= 0.6 is 11.3 Å². The summed E-state index contributed by atoms with van der Waals surface area (Å²) in [4.78, 5) is 26.0. The number of fused-ring (bicyclic) bond motifs is 2. The number of sulfonamides is 1. The number of hydrogen-bond donors (Lipinski definition) is 2. The molecule has 0 unspecified atom stereocenters. The summed E-state index contributed by atoms with van der Waals surface area (Å²) in [5.74, 6) is 0.286. The minimum Gasteiger partial charge on any atom is -0.349 e. The van der Waals surface area contributed by atoms with Crippen LogP contribution < -0.4 is 10.9 Å². The monoisotopic (exact) mass is 498 g/mol. The fourth-order valence-corrected chi connectivity index (χ4v) is 8.05. The van der Waals surface area contributed by atoms with Crippen LogP contribution in [0.1, 0.15) is 58.1 Å². The first-order chi connectivity index (χ1) is 16.2. The standard InChI is InChI=1S/C24H26N4O4S2/c1-34(31,32)28-7-6-16-19(13-33-20(16)12-28)22(29)25-15-10-24(11-15)8-14(9-24)21-17-4-2-3-5-18(17)23(30)27-26-21/h2-5,13-15H,6-12H2,1H3,(H,25,29)(H,27,30). The summed E-state index contributed by atoms with van der Waals surface area (Å²) < 4.78 is 25.2. The van der Waals surface area contributed by atoms with Gasteiger partial charge in [0.2, 0.25) is 10.0 Å². The van der Waals surface area contributed by atoms with E-state index in [9.17, 15) is 18.0 Å². The summed E-state index contributed by atoms with van der Waals surface area (Å²) in [6.07, 6.45) is 5.78. The maximum Gasteiger partial charge on any atom is 0.272 e. The van der Waals surface area contributed by atoms with Gasteiger partial charge in [0.15, 0.2) is 0 Å². The van der Waals surface area contributed by atoms with Crippen molar-refractivity contribution in [3.05, 3.63) is 61.7 Å². The molecular formula is C24H26N4O4S2. The Kier molecular flexibility index (Phi) is 4.98. The highest BCUT2D eigenvalue weighted by atomic mass is 32.2. The maximum absolute atomic E-state index is 13.0. The molecule has 2 N–H and O–H groups in total. The molecule has 3 heterocycles. The lowest BCUT2D eigenvalue weighted by atomic mass is 9.49. The van der Waals surface area contributed by atoms with Crippen molar-refractivity contribution in [3.63, 3.8) is 0 Å². The summed E-state index contributed by atoms with van der Waals surface area (Å²) in [6, 6.07) is 7.79. The third-order valence-corrected chi connectivity index (χ3v) is 10.1. The Balaban J connectivity index is 1.08. The number of aromatic nitrogens is 2. The highest BCUT2D eigenvalue weighted by Gasteiger charge is 2.54. The molecule has 3 aliphatic rings. The van der Waals surface area contributed by atoms with Crippen molar-refractivity contribution in [3.8, 4) is 0 Å². The van der Waals surface area contributed by atoms with Gasteiger partial charge in [-0.1, -0.05) is 18.2 Å². The van der Waals surface area contributed by atoms with Gasteiger partial charge < -0.3 is 5.32 Å². The van der Waals surface area contributed by atoms with Crippen molar-refractivity contribution in [2.75, 3.05) is 12.8 Å². The minimum absolute atomic E-state index is 0.0469. The van der Waals surface area contributed by atoms with Gasteiger partial charge in [0.1, 0.15) is 0 Å². The fourth-order valence-electron chi connectivity index (χ4n) is 6.09. The maximum atomic E-state index is 13.0. The number of benzene rings is 1. The molecule has 2 aliphatic carbocycles.